The summed E-state index contributed by atoms with van der Waals surface area (Å²) in [6.45, 7) is 9.29. The number of hydrogen-bond donors (Lipinski definition) is 9. The Kier molecular flexibility index (Phi) is 16.0. The average Bonchev–Trinajstić information content (AvgIpc) is 2.66. The number of carbonyl (C=O) groups excluding carboxylic acids is 1. The predicted octanol–water partition coefficient (Wildman–Crippen LogP) is -2.51. The highest BCUT2D eigenvalue weighted by molar-refractivity contribution is 7.80. The molecular weight excluding hydrogens is 402 g/mol. The molecule has 11 heteroatoms. The zero-order valence-corrected chi connectivity index (χ0v) is 20.5. The summed E-state index contributed by atoms with van der Waals surface area (Å²) in [4.78, 5) is 11.8. The third kappa shape index (κ3) is 11.9. The lowest BCUT2D eigenvalue weighted by Gasteiger charge is -2.37. The smallest absolute Gasteiger partial charge is 0.217 e. The second-order valence-corrected chi connectivity index (χ2v) is 8.11. The summed E-state index contributed by atoms with van der Waals surface area (Å²) in [5.74, 6) is -0.0284. The lowest BCUT2D eigenvalue weighted by atomic mass is 9.94. The van der Waals surface area contributed by atoms with Crippen molar-refractivity contribution in [2.24, 2.45) is 0 Å². The van der Waals surface area contributed by atoms with E-state index in [4.69, 9.17) is 12.2 Å². The first kappa shape index (κ1) is 28.9. The molecule has 0 aliphatic carbocycles. The van der Waals surface area contributed by atoms with Crippen LogP contribution in [0.25, 0.3) is 0 Å². The van der Waals surface area contributed by atoms with Gasteiger partial charge in [-0.15, -0.1) is 0 Å². The maximum absolute atomic E-state index is 11.8. The molecule has 0 aromatic rings. The Bertz CT molecular complexity index is 475. The van der Waals surface area contributed by atoms with Crippen LogP contribution in [0.5, 0.6) is 0 Å². The number of nitrogens with one attached hydrogen (secondary N) is 9. The van der Waals surface area contributed by atoms with Crippen molar-refractivity contribution in [2.45, 2.75) is 31.3 Å². The quantitative estimate of drug-likeness (QED) is 0.0632. The van der Waals surface area contributed by atoms with Crippen LogP contribution in [0, 0.1) is 0 Å². The zero-order chi connectivity index (χ0) is 22.9. The Morgan fingerprint density at radius 3 is 1.80 bits per heavy atom. The van der Waals surface area contributed by atoms with Crippen molar-refractivity contribution >= 4 is 23.2 Å². The SMILES string of the molecule is CCNC(=S)NC(CNC)(CNC)CNCNCC(CCNC)(CNC)NC(C)=O. The number of hydrogen-bond acceptors (Lipinski definition) is 8. The molecule has 1 unspecified atom stereocenters. The Balaban J connectivity index is 4.90. The lowest BCUT2D eigenvalue weighted by Crippen LogP contribution is -2.66. The molecule has 0 aliphatic heterocycles. The van der Waals surface area contributed by atoms with Crippen LogP contribution in [0.2, 0.25) is 0 Å². The summed E-state index contributed by atoms with van der Waals surface area (Å²) in [7, 11) is 7.68. The Morgan fingerprint density at radius 2 is 1.33 bits per heavy atom. The van der Waals surface area contributed by atoms with Crippen LogP contribution in [-0.2, 0) is 4.79 Å². The fraction of sp³-hybridized carbons (Fsp3) is 0.895. The number of amides is 1. The lowest BCUT2D eigenvalue weighted by molar-refractivity contribution is -0.120. The van der Waals surface area contributed by atoms with Crippen LogP contribution in [0.4, 0.5) is 0 Å². The predicted molar refractivity (Wildman–Crippen MR) is 130 cm³/mol. The molecule has 10 nitrogen and oxygen atoms in total. The Labute approximate surface area is 188 Å². The van der Waals surface area contributed by atoms with Crippen molar-refractivity contribution in [3.05, 3.63) is 0 Å². The van der Waals surface area contributed by atoms with Gasteiger partial charge in [-0.1, -0.05) is 0 Å². The molecule has 0 spiro atoms. The molecule has 0 radical (unpaired) electrons. The maximum atomic E-state index is 11.8. The van der Waals surface area contributed by atoms with E-state index >= 15 is 0 Å². The van der Waals surface area contributed by atoms with Gasteiger partial charge >= 0.3 is 0 Å². The molecule has 178 valence electrons. The van der Waals surface area contributed by atoms with Crippen molar-refractivity contribution in [1.29, 1.82) is 0 Å². The van der Waals surface area contributed by atoms with Crippen LogP contribution in [-0.4, -0.2) is 103 Å². The molecule has 0 saturated heterocycles. The third-order valence-corrected chi connectivity index (χ3v) is 4.98. The van der Waals surface area contributed by atoms with E-state index in [1.807, 2.05) is 35.1 Å². The molecule has 0 saturated carbocycles. The molecule has 9 N–H and O–H groups in total. The first-order valence-corrected chi connectivity index (χ1v) is 11.1. The first-order valence-electron chi connectivity index (χ1n) is 10.7. The van der Waals surface area contributed by atoms with Crippen molar-refractivity contribution in [3.8, 4) is 0 Å². The minimum Gasteiger partial charge on any atom is -0.363 e. The monoisotopic (exact) mass is 447 g/mol. The highest BCUT2D eigenvalue weighted by atomic mass is 32.1. The standard InChI is InChI=1S/C19H45N9OS/c1-7-26-17(30)28-19(11-22-5,12-23-6)14-25-15-24-13-18(10-21-4,8-9-20-3)27-16(2)29/h20-25H,7-15H2,1-6H3,(H,27,29)(H2,26,28,30). The van der Waals surface area contributed by atoms with Crippen LogP contribution in [0.1, 0.15) is 20.3 Å². The molecule has 0 fully saturated rings. The van der Waals surface area contributed by atoms with E-state index in [9.17, 15) is 4.79 Å². The van der Waals surface area contributed by atoms with Crippen LogP contribution >= 0.6 is 12.2 Å². The summed E-state index contributed by atoms with van der Waals surface area (Å²) < 4.78 is 0. The summed E-state index contributed by atoms with van der Waals surface area (Å²) in [5, 5.41) is 30.2. The van der Waals surface area contributed by atoms with E-state index in [1.54, 1.807) is 6.92 Å². The van der Waals surface area contributed by atoms with Gasteiger partial charge in [-0.2, -0.15) is 0 Å². The van der Waals surface area contributed by atoms with Gasteiger partial charge in [-0.05, 0) is 60.3 Å². The van der Waals surface area contributed by atoms with E-state index in [1.165, 1.54) is 0 Å². The molecule has 1 amide bonds. The zero-order valence-electron chi connectivity index (χ0n) is 19.7. The topological polar surface area (TPSA) is 125 Å². The molecular formula is C19H45N9OS. The van der Waals surface area contributed by atoms with Gasteiger partial charge < -0.3 is 47.9 Å². The molecule has 0 bridgehead atoms. The Hall–Kier alpha value is -1.08. The van der Waals surface area contributed by atoms with Gasteiger partial charge in [0.25, 0.3) is 0 Å². The van der Waals surface area contributed by atoms with Gasteiger partial charge in [0.2, 0.25) is 5.91 Å². The second-order valence-electron chi connectivity index (χ2n) is 7.70. The largest absolute Gasteiger partial charge is 0.363 e. The van der Waals surface area contributed by atoms with Crippen molar-refractivity contribution < 1.29 is 4.79 Å². The summed E-state index contributed by atoms with van der Waals surface area (Å²) >= 11 is 5.42. The summed E-state index contributed by atoms with van der Waals surface area (Å²) in [6.07, 6.45) is 0.818. The number of likely N-dealkylation sites (N-methyl/N-ethyl adjacent to an activating group) is 3. The summed E-state index contributed by atoms with van der Waals surface area (Å²) in [5.41, 5.74) is -0.639. The summed E-state index contributed by atoms with van der Waals surface area (Å²) in [6, 6.07) is 0. The van der Waals surface area contributed by atoms with E-state index in [-0.39, 0.29) is 17.0 Å². The molecule has 0 rings (SSSR count). The van der Waals surface area contributed by atoms with E-state index < -0.39 is 0 Å². The number of thiocarbonyl (C=S) groups is 1. The molecule has 0 heterocycles. The number of carbonyl (C=O) groups is 1. The van der Waals surface area contributed by atoms with Crippen LogP contribution < -0.4 is 47.9 Å². The molecule has 0 aliphatic rings. The Morgan fingerprint density at radius 1 is 0.800 bits per heavy atom. The first-order chi connectivity index (χ1) is 14.3. The third-order valence-electron chi connectivity index (χ3n) is 4.73. The van der Waals surface area contributed by atoms with Gasteiger partial charge in [0, 0.05) is 52.9 Å². The fourth-order valence-electron chi connectivity index (χ4n) is 3.60. The highest BCUT2D eigenvalue weighted by Crippen LogP contribution is 2.08. The van der Waals surface area contributed by atoms with Gasteiger partial charge in [0.15, 0.2) is 5.11 Å². The number of rotatable bonds is 18. The van der Waals surface area contributed by atoms with Crippen LogP contribution in [0.3, 0.4) is 0 Å². The minimum atomic E-state index is -0.358. The minimum absolute atomic E-state index is 0.0284. The second kappa shape index (κ2) is 16.6. The van der Waals surface area contributed by atoms with Gasteiger partial charge in [-0.3, -0.25) is 4.79 Å². The van der Waals surface area contributed by atoms with E-state index in [2.05, 4.69) is 47.9 Å². The van der Waals surface area contributed by atoms with Crippen molar-refractivity contribution in [2.75, 3.05) is 80.7 Å². The van der Waals surface area contributed by atoms with Crippen molar-refractivity contribution in [1.82, 2.24) is 47.9 Å². The molecule has 0 aromatic heterocycles. The normalized spacial score (nSPS) is 13.5. The fourth-order valence-corrected chi connectivity index (χ4v) is 3.96. The maximum Gasteiger partial charge on any atom is 0.217 e. The van der Waals surface area contributed by atoms with Gasteiger partial charge in [0.1, 0.15) is 0 Å². The van der Waals surface area contributed by atoms with E-state index in [0.717, 1.165) is 32.6 Å². The van der Waals surface area contributed by atoms with Crippen molar-refractivity contribution in [3.63, 3.8) is 0 Å². The van der Waals surface area contributed by atoms with Crippen LogP contribution in [0.15, 0.2) is 0 Å². The van der Waals surface area contributed by atoms with E-state index in [0.29, 0.717) is 31.4 Å². The highest BCUT2D eigenvalue weighted by Gasteiger charge is 2.31. The molecule has 0 aromatic carbocycles. The van der Waals surface area contributed by atoms with Gasteiger partial charge in [-0.25, -0.2) is 0 Å². The molecule has 30 heavy (non-hydrogen) atoms. The molecule has 1 atom stereocenters. The van der Waals surface area contributed by atoms with Gasteiger partial charge in [0.05, 0.1) is 11.1 Å². The average molecular weight is 448 g/mol.